The number of urea groups is 1. The van der Waals surface area contributed by atoms with Crippen LogP contribution in [0.15, 0.2) is 36.8 Å². The smallest absolute Gasteiger partial charge is 0.319 e. The Bertz CT molecular complexity index is 993. The molecule has 0 unspecified atom stereocenters. The van der Waals surface area contributed by atoms with Gasteiger partial charge < -0.3 is 15.4 Å². The van der Waals surface area contributed by atoms with Gasteiger partial charge in [0.05, 0.1) is 29.8 Å². The van der Waals surface area contributed by atoms with Crippen molar-refractivity contribution in [1.29, 1.82) is 0 Å². The molecule has 29 heavy (non-hydrogen) atoms. The largest absolute Gasteiger partial charge is 0.371 e. The Kier molecular flexibility index (Phi) is 5.30. The van der Waals surface area contributed by atoms with Crippen LogP contribution in [0, 0.1) is 13.8 Å². The van der Waals surface area contributed by atoms with Crippen molar-refractivity contribution < 1.29 is 9.53 Å². The number of hydrogen-bond donors (Lipinski definition) is 2. The van der Waals surface area contributed by atoms with Crippen molar-refractivity contribution >= 4 is 11.7 Å². The molecule has 4 rings (SSSR count). The number of rotatable bonds is 4. The highest BCUT2D eigenvalue weighted by Crippen LogP contribution is 2.28. The maximum Gasteiger partial charge on any atom is 0.319 e. The van der Waals surface area contributed by atoms with E-state index < -0.39 is 0 Å². The predicted molar refractivity (Wildman–Crippen MR) is 108 cm³/mol. The van der Waals surface area contributed by atoms with E-state index in [-0.39, 0.29) is 18.2 Å². The number of amides is 2. The molecule has 9 heteroatoms. The van der Waals surface area contributed by atoms with Crippen LogP contribution in [0.1, 0.15) is 35.9 Å². The van der Waals surface area contributed by atoms with Gasteiger partial charge in [-0.1, -0.05) is 0 Å². The van der Waals surface area contributed by atoms with Gasteiger partial charge >= 0.3 is 6.03 Å². The molecule has 0 radical (unpaired) electrons. The van der Waals surface area contributed by atoms with Gasteiger partial charge in [-0.15, -0.1) is 0 Å². The summed E-state index contributed by atoms with van der Waals surface area (Å²) in [6.45, 7) is 4.60. The molecule has 3 aromatic rings. The molecule has 2 amide bonds. The molecule has 3 aromatic heterocycles. The molecule has 0 aromatic carbocycles. The van der Waals surface area contributed by atoms with E-state index in [4.69, 9.17) is 4.74 Å². The summed E-state index contributed by atoms with van der Waals surface area (Å²) in [5.74, 6) is 0.707. The SMILES string of the molecule is Cc1cc(C)n(-c2ccc(NC(=O)N[C@H]3CCCO[C@@H]3c3cnn(C)c3)cn2)n1. The first-order chi connectivity index (χ1) is 14.0. The molecule has 1 fully saturated rings. The van der Waals surface area contributed by atoms with Crippen molar-refractivity contribution in [3.8, 4) is 5.82 Å². The lowest BCUT2D eigenvalue weighted by Gasteiger charge is -2.31. The minimum Gasteiger partial charge on any atom is -0.371 e. The molecule has 1 aliphatic heterocycles. The van der Waals surface area contributed by atoms with Gasteiger partial charge in [0, 0.05) is 31.1 Å². The Labute approximate surface area is 169 Å². The van der Waals surface area contributed by atoms with Crippen molar-refractivity contribution in [3.05, 3.63) is 53.7 Å². The van der Waals surface area contributed by atoms with Crippen molar-refractivity contribution in [2.24, 2.45) is 7.05 Å². The Morgan fingerprint density at radius 2 is 2.14 bits per heavy atom. The zero-order valence-corrected chi connectivity index (χ0v) is 16.8. The van der Waals surface area contributed by atoms with Crippen LogP contribution in [-0.2, 0) is 11.8 Å². The van der Waals surface area contributed by atoms with Gasteiger partial charge in [-0.2, -0.15) is 10.2 Å². The number of nitrogens with zero attached hydrogens (tertiary/aromatic N) is 5. The van der Waals surface area contributed by atoms with Crippen LogP contribution in [0.4, 0.5) is 10.5 Å². The van der Waals surface area contributed by atoms with Gasteiger partial charge in [0.25, 0.3) is 0 Å². The van der Waals surface area contributed by atoms with Crippen molar-refractivity contribution in [1.82, 2.24) is 29.9 Å². The number of aromatic nitrogens is 5. The molecule has 0 spiro atoms. The molecule has 1 saturated heterocycles. The number of ether oxygens (including phenoxy) is 1. The van der Waals surface area contributed by atoms with Crippen LogP contribution in [0.25, 0.3) is 5.82 Å². The van der Waals surface area contributed by atoms with Crippen LogP contribution < -0.4 is 10.6 Å². The maximum atomic E-state index is 12.5. The number of anilines is 1. The number of hydrogen-bond acceptors (Lipinski definition) is 5. The number of nitrogens with one attached hydrogen (secondary N) is 2. The lowest BCUT2D eigenvalue weighted by Crippen LogP contribution is -2.44. The maximum absolute atomic E-state index is 12.5. The lowest BCUT2D eigenvalue weighted by atomic mass is 9.98. The highest BCUT2D eigenvalue weighted by molar-refractivity contribution is 5.89. The highest BCUT2D eigenvalue weighted by atomic mass is 16.5. The molecular weight excluding hydrogens is 370 g/mol. The second-order valence-electron chi connectivity index (χ2n) is 7.33. The quantitative estimate of drug-likeness (QED) is 0.708. The summed E-state index contributed by atoms with van der Waals surface area (Å²) in [5, 5.41) is 14.5. The number of carbonyl (C=O) groups is 1. The third-order valence-electron chi connectivity index (χ3n) is 4.92. The van der Waals surface area contributed by atoms with Gasteiger partial charge in [0.15, 0.2) is 5.82 Å². The predicted octanol–water partition coefficient (Wildman–Crippen LogP) is 2.66. The number of aryl methyl sites for hydroxylation is 3. The van der Waals surface area contributed by atoms with Crippen LogP contribution in [0.5, 0.6) is 0 Å². The summed E-state index contributed by atoms with van der Waals surface area (Å²) in [5.41, 5.74) is 3.52. The summed E-state index contributed by atoms with van der Waals surface area (Å²) >= 11 is 0. The molecule has 0 saturated carbocycles. The van der Waals surface area contributed by atoms with E-state index in [1.807, 2.05) is 45.3 Å². The first-order valence-electron chi connectivity index (χ1n) is 9.67. The fourth-order valence-electron chi connectivity index (χ4n) is 3.63. The summed E-state index contributed by atoms with van der Waals surface area (Å²) in [7, 11) is 1.87. The van der Waals surface area contributed by atoms with E-state index in [1.165, 1.54) is 0 Å². The van der Waals surface area contributed by atoms with Gasteiger partial charge in [-0.25, -0.2) is 14.5 Å². The molecule has 1 aliphatic rings. The average Bonchev–Trinajstić information content (AvgIpc) is 3.27. The summed E-state index contributed by atoms with van der Waals surface area (Å²) < 4.78 is 9.41. The summed E-state index contributed by atoms with van der Waals surface area (Å²) in [4.78, 5) is 16.9. The van der Waals surface area contributed by atoms with E-state index >= 15 is 0 Å². The lowest BCUT2D eigenvalue weighted by molar-refractivity contribution is -0.00700. The monoisotopic (exact) mass is 395 g/mol. The molecule has 9 nitrogen and oxygen atoms in total. The minimum absolute atomic E-state index is 0.116. The van der Waals surface area contributed by atoms with Crippen LogP contribution in [-0.4, -0.2) is 43.2 Å². The van der Waals surface area contributed by atoms with Gasteiger partial charge in [0.2, 0.25) is 0 Å². The van der Waals surface area contributed by atoms with E-state index in [0.29, 0.717) is 18.1 Å². The minimum atomic E-state index is -0.282. The highest BCUT2D eigenvalue weighted by Gasteiger charge is 2.29. The summed E-state index contributed by atoms with van der Waals surface area (Å²) in [6.07, 6.45) is 6.88. The number of carbonyl (C=O) groups excluding carboxylic acids is 1. The first kappa shape index (κ1) is 19.1. The summed E-state index contributed by atoms with van der Waals surface area (Å²) in [6, 6.07) is 5.24. The fourth-order valence-corrected chi connectivity index (χ4v) is 3.63. The normalized spacial score (nSPS) is 19.1. The topological polar surface area (TPSA) is 98.9 Å². The molecule has 0 bridgehead atoms. The third kappa shape index (κ3) is 4.29. The Morgan fingerprint density at radius 1 is 1.28 bits per heavy atom. The number of pyridine rings is 1. The molecule has 152 valence electrons. The van der Waals surface area contributed by atoms with Crippen LogP contribution >= 0.6 is 0 Å². The third-order valence-corrected chi connectivity index (χ3v) is 4.92. The van der Waals surface area contributed by atoms with E-state index in [1.54, 1.807) is 21.8 Å². The van der Waals surface area contributed by atoms with E-state index in [0.717, 1.165) is 29.8 Å². The van der Waals surface area contributed by atoms with Crippen molar-refractivity contribution in [3.63, 3.8) is 0 Å². The molecule has 2 atom stereocenters. The molecule has 4 heterocycles. The van der Waals surface area contributed by atoms with Crippen molar-refractivity contribution in [2.75, 3.05) is 11.9 Å². The zero-order valence-electron chi connectivity index (χ0n) is 16.8. The van der Waals surface area contributed by atoms with Crippen LogP contribution in [0.2, 0.25) is 0 Å². The van der Waals surface area contributed by atoms with Gasteiger partial charge in [-0.3, -0.25) is 4.68 Å². The second kappa shape index (κ2) is 8.04. The Morgan fingerprint density at radius 3 is 2.79 bits per heavy atom. The Balaban J connectivity index is 1.40. The first-order valence-corrected chi connectivity index (χ1v) is 9.67. The van der Waals surface area contributed by atoms with E-state index in [9.17, 15) is 4.79 Å². The molecule has 0 aliphatic carbocycles. The standard InChI is InChI=1S/C20H25N7O2/c1-13-9-14(2)27(25-13)18-7-6-16(11-21-18)23-20(28)24-17-5-4-8-29-19(17)15-10-22-26(3)12-15/h6-7,9-12,17,19H,4-5,8H2,1-3H3,(H2,23,24,28)/t17-,19+/m0/s1. The molecular formula is C20H25N7O2. The van der Waals surface area contributed by atoms with Crippen LogP contribution in [0.3, 0.4) is 0 Å². The fraction of sp³-hybridized carbons (Fsp3) is 0.400. The Hall–Kier alpha value is -3.20. The second-order valence-corrected chi connectivity index (χ2v) is 7.33. The zero-order chi connectivity index (χ0) is 20.4. The van der Waals surface area contributed by atoms with Crippen molar-refractivity contribution in [2.45, 2.75) is 38.8 Å². The van der Waals surface area contributed by atoms with Gasteiger partial charge in [0.1, 0.15) is 6.10 Å². The average molecular weight is 395 g/mol. The molecule has 2 N–H and O–H groups in total. The van der Waals surface area contributed by atoms with E-state index in [2.05, 4.69) is 25.8 Å². The van der Waals surface area contributed by atoms with Gasteiger partial charge in [-0.05, 0) is 44.9 Å².